The molecule has 0 N–H and O–H groups in total. The molecule has 2 nitrogen and oxygen atoms in total. The Morgan fingerprint density at radius 3 is 2.53 bits per heavy atom. The van der Waals surface area contributed by atoms with E-state index in [9.17, 15) is 0 Å². The minimum Gasteiger partial charge on any atom is -0.492 e. The molecule has 0 bridgehead atoms. The summed E-state index contributed by atoms with van der Waals surface area (Å²) in [4.78, 5) is 0. The fraction of sp³-hybridized carbons (Fsp3) is 0.533. The van der Waals surface area contributed by atoms with E-state index >= 15 is 0 Å². The molecule has 1 aromatic carbocycles. The van der Waals surface area contributed by atoms with Gasteiger partial charge in [-0.3, -0.25) is 0 Å². The van der Waals surface area contributed by atoms with Crippen molar-refractivity contribution < 1.29 is 4.74 Å². The van der Waals surface area contributed by atoms with Gasteiger partial charge in [0.1, 0.15) is 11.8 Å². The third-order valence-corrected chi connectivity index (χ3v) is 2.76. The van der Waals surface area contributed by atoms with Crippen LogP contribution >= 0.6 is 0 Å². The second-order valence-electron chi connectivity index (χ2n) is 4.22. The molecular formula is C15H21NO. The minimum atomic E-state index is 0.624. The van der Waals surface area contributed by atoms with Crippen molar-refractivity contribution in [3.8, 4) is 11.8 Å². The highest BCUT2D eigenvalue weighted by molar-refractivity contribution is 5.42. The van der Waals surface area contributed by atoms with Crippen LogP contribution < -0.4 is 4.74 Å². The Morgan fingerprint density at radius 1 is 1.06 bits per heavy atom. The first kappa shape index (κ1) is 13.6. The van der Waals surface area contributed by atoms with Gasteiger partial charge in [-0.2, -0.15) is 5.26 Å². The smallest absolute Gasteiger partial charge is 0.137 e. The average Bonchev–Trinajstić information content (AvgIpc) is 2.38. The van der Waals surface area contributed by atoms with Gasteiger partial charge in [0.15, 0.2) is 0 Å². The zero-order valence-corrected chi connectivity index (χ0v) is 10.6. The summed E-state index contributed by atoms with van der Waals surface area (Å²) in [5, 5.41) is 8.89. The fourth-order valence-electron chi connectivity index (χ4n) is 1.75. The third kappa shape index (κ3) is 5.40. The number of nitriles is 1. The summed E-state index contributed by atoms with van der Waals surface area (Å²) in [5.74, 6) is 0.712. The maximum atomic E-state index is 8.89. The van der Waals surface area contributed by atoms with Gasteiger partial charge in [0.2, 0.25) is 0 Å². The molecule has 92 valence electrons. The molecule has 1 aromatic rings. The Kier molecular flexibility index (Phi) is 6.90. The number of nitrogens with zero attached hydrogens (tertiary/aromatic N) is 1. The molecule has 2 heteroatoms. The van der Waals surface area contributed by atoms with E-state index in [0.717, 1.165) is 6.42 Å². The summed E-state index contributed by atoms with van der Waals surface area (Å²) in [6.07, 6.45) is 7.52. The zero-order chi connectivity index (χ0) is 12.3. The van der Waals surface area contributed by atoms with Crippen LogP contribution in [-0.4, -0.2) is 6.61 Å². The van der Waals surface area contributed by atoms with Crippen LogP contribution in [0.25, 0.3) is 0 Å². The first-order chi connectivity index (χ1) is 8.38. The van der Waals surface area contributed by atoms with Gasteiger partial charge >= 0.3 is 0 Å². The molecule has 0 fully saturated rings. The highest BCUT2D eigenvalue weighted by atomic mass is 16.5. The molecule has 0 atom stereocenters. The van der Waals surface area contributed by atoms with Crippen molar-refractivity contribution in [2.24, 2.45) is 0 Å². The highest BCUT2D eigenvalue weighted by Crippen LogP contribution is 2.17. The van der Waals surface area contributed by atoms with Crippen LogP contribution in [0.4, 0.5) is 0 Å². The van der Waals surface area contributed by atoms with E-state index in [1.165, 1.54) is 32.1 Å². The topological polar surface area (TPSA) is 33.0 Å². The van der Waals surface area contributed by atoms with Gasteiger partial charge in [-0.15, -0.1) is 0 Å². The molecule has 0 radical (unpaired) electrons. The average molecular weight is 231 g/mol. The molecule has 0 aromatic heterocycles. The van der Waals surface area contributed by atoms with Gasteiger partial charge in [-0.1, -0.05) is 51.2 Å². The summed E-state index contributed by atoms with van der Waals surface area (Å²) in [7, 11) is 0. The van der Waals surface area contributed by atoms with E-state index in [1.807, 2.05) is 18.2 Å². The van der Waals surface area contributed by atoms with E-state index < -0.39 is 0 Å². The Bertz CT molecular complexity index is 354. The Balaban J connectivity index is 2.16. The Labute approximate surface area is 104 Å². The van der Waals surface area contributed by atoms with E-state index in [-0.39, 0.29) is 0 Å². The first-order valence-corrected chi connectivity index (χ1v) is 6.50. The second kappa shape index (κ2) is 8.64. The van der Waals surface area contributed by atoms with Gasteiger partial charge in [-0.25, -0.2) is 0 Å². The normalized spacial score (nSPS) is 9.88. The number of para-hydroxylation sites is 1. The molecule has 0 heterocycles. The first-order valence-electron chi connectivity index (χ1n) is 6.50. The zero-order valence-electron chi connectivity index (χ0n) is 10.6. The number of hydrogen-bond acceptors (Lipinski definition) is 2. The lowest BCUT2D eigenvalue weighted by Gasteiger charge is -2.07. The van der Waals surface area contributed by atoms with E-state index in [0.29, 0.717) is 17.9 Å². The minimum absolute atomic E-state index is 0.624. The SMILES string of the molecule is CCCCCCCCOc1ccccc1C#N. The van der Waals surface area contributed by atoms with Crippen molar-refractivity contribution in [3.63, 3.8) is 0 Å². The maximum Gasteiger partial charge on any atom is 0.137 e. The van der Waals surface area contributed by atoms with E-state index in [2.05, 4.69) is 13.0 Å². The monoisotopic (exact) mass is 231 g/mol. The molecule has 0 amide bonds. The van der Waals surface area contributed by atoms with Crippen LogP contribution in [0, 0.1) is 11.3 Å². The molecule has 0 saturated heterocycles. The number of rotatable bonds is 8. The Morgan fingerprint density at radius 2 is 1.76 bits per heavy atom. The van der Waals surface area contributed by atoms with Crippen molar-refractivity contribution >= 4 is 0 Å². The molecule has 0 aliphatic heterocycles. The van der Waals surface area contributed by atoms with Crippen LogP contribution in [0.5, 0.6) is 5.75 Å². The van der Waals surface area contributed by atoms with Crippen molar-refractivity contribution in [2.75, 3.05) is 6.61 Å². The number of benzene rings is 1. The lowest BCUT2D eigenvalue weighted by molar-refractivity contribution is 0.303. The van der Waals surface area contributed by atoms with Crippen LogP contribution in [0.15, 0.2) is 24.3 Å². The van der Waals surface area contributed by atoms with E-state index in [4.69, 9.17) is 10.00 Å². The van der Waals surface area contributed by atoms with Gasteiger partial charge in [0.05, 0.1) is 12.2 Å². The van der Waals surface area contributed by atoms with Crippen molar-refractivity contribution in [3.05, 3.63) is 29.8 Å². The summed E-state index contributed by atoms with van der Waals surface area (Å²) < 4.78 is 5.61. The largest absolute Gasteiger partial charge is 0.492 e. The molecule has 0 saturated carbocycles. The highest BCUT2D eigenvalue weighted by Gasteiger charge is 2.00. The van der Waals surface area contributed by atoms with Crippen molar-refractivity contribution in [1.82, 2.24) is 0 Å². The van der Waals surface area contributed by atoms with Crippen LogP contribution in [0.1, 0.15) is 51.0 Å². The quantitative estimate of drug-likeness (QED) is 0.625. The molecule has 0 aliphatic rings. The Hall–Kier alpha value is -1.49. The lowest BCUT2D eigenvalue weighted by atomic mass is 10.1. The van der Waals surface area contributed by atoms with Gasteiger partial charge < -0.3 is 4.74 Å². The standard InChI is InChI=1S/C15H21NO/c1-2-3-4-5-6-9-12-17-15-11-8-7-10-14(15)13-16/h7-8,10-11H,2-6,9,12H2,1H3. The van der Waals surface area contributed by atoms with Crippen molar-refractivity contribution in [1.29, 1.82) is 5.26 Å². The molecule has 1 rings (SSSR count). The molecule has 17 heavy (non-hydrogen) atoms. The summed E-state index contributed by atoms with van der Waals surface area (Å²) >= 11 is 0. The van der Waals surface area contributed by atoms with E-state index in [1.54, 1.807) is 6.07 Å². The maximum absolute atomic E-state index is 8.89. The summed E-state index contributed by atoms with van der Waals surface area (Å²) in [5.41, 5.74) is 0.624. The number of ether oxygens (including phenoxy) is 1. The lowest BCUT2D eigenvalue weighted by Crippen LogP contribution is -1.98. The van der Waals surface area contributed by atoms with Crippen molar-refractivity contribution in [2.45, 2.75) is 45.4 Å². The third-order valence-electron chi connectivity index (χ3n) is 2.76. The molecular weight excluding hydrogens is 210 g/mol. The molecule has 0 spiro atoms. The number of unbranched alkanes of at least 4 members (excludes halogenated alkanes) is 5. The van der Waals surface area contributed by atoms with Crippen LogP contribution in [0.2, 0.25) is 0 Å². The van der Waals surface area contributed by atoms with Crippen LogP contribution in [0.3, 0.4) is 0 Å². The number of hydrogen-bond donors (Lipinski definition) is 0. The molecule has 0 unspecified atom stereocenters. The summed E-state index contributed by atoms with van der Waals surface area (Å²) in [6.45, 7) is 2.94. The second-order valence-corrected chi connectivity index (χ2v) is 4.22. The predicted octanol–water partition coefficient (Wildman–Crippen LogP) is 4.30. The van der Waals surface area contributed by atoms with Crippen LogP contribution in [-0.2, 0) is 0 Å². The molecule has 0 aliphatic carbocycles. The van der Waals surface area contributed by atoms with Gasteiger partial charge in [0.25, 0.3) is 0 Å². The van der Waals surface area contributed by atoms with Gasteiger partial charge in [0, 0.05) is 0 Å². The summed E-state index contributed by atoms with van der Waals surface area (Å²) in [6, 6.07) is 9.54. The fourth-order valence-corrected chi connectivity index (χ4v) is 1.75. The van der Waals surface area contributed by atoms with Gasteiger partial charge in [-0.05, 0) is 18.6 Å². The predicted molar refractivity (Wildman–Crippen MR) is 70.0 cm³/mol.